The van der Waals surface area contributed by atoms with E-state index in [1.54, 1.807) is 53.4 Å². The van der Waals surface area contributed by atoms with E-state index in [0.29, 0.717) is 22.6 Å². The summed E-state index contributed by atoms with van der Waals surface area (Å²) in [6.07, 6.45) is 0.113. The van der Waals surface area contributed by atoms with Crippen LogP contribution in [0, 0.1) is 5.92 Å². The average molecular weight is 379 g/mol. The van der Waals surface area contributed by atoms with Gasteiger partial charge in [0, 0.05) is 42.5 Å². The third-order valence-electron chi connectivity index (χ3n) is 4.53. The number of carbonyl (C=O) groups is 4. The highest BCUT2D eigenvalue weighted by molar-refractivity contribution is 6.04. The summed E-state index contributed by atoms with van der Waals surface area (Å²) in [7, 11) is 0. The molecule has 1 fully saturated rings. The Kier molecular flexibility index (Phi) is 5.54. The first-order valence-electron chi connectivity index (χ1n) is 8.93. The van der Waals surface area contributed by atoms with Crippen molar-refractivity contribution >= 4 is 40.6 Å². The third kappa shape index (κ3) is 4.43. The normalized spacial score (nSPS) is 16.0. The Morgan fingerprint density at radius 3 is 2.32 bits per heavy atom. The van der Waals surface area contributed by atoms with E-state index in [-0.39, 0.29) is 36.5 Å². The topological polar surface area (TPSA) is 95.6 Å². The number of benzene rings is 2. The minimum Gasteiger partial charge on any atom is -0.326 e. The molecule has 0 aliphatic carbocycles. The van der Waals surface area contributed by atoms with E-state index in [1.165, 1.54) is 13.8 Å². The van der Waals surface area contributed by atoms with Crippen molar-refractivity contribution in [2.45, 2.75) is 20.3 Å². The summed E-state index contributed by atoms with van der Waals surface area (Å²) in [6, 6.07) is 13.6. The van der Waals surface area contributed by atoms with Crippen LogP contribution in [0.15, 0.2) is 48.5 Å². The molecule has 0 radical (unpaired) electrons. The summed E-state index contributed by atoms with van der Waals surface area (Å²) in [5.41, 5.74) is 2.38. The number of nitrogens with zero attached hydrogens (tertiary/aromatic N) is 1. The Morgan fingerprint density at radius 1 is 0.964 bits per heavy atom. The molecule has 3 rings (SSSR count). The van der Waals surface area contributed by atoms with E-state index in [2.05, 4.69) is 10.6 Å². The Balaban J connectivity index is 1.67. The summed E-state index contributed by atoms with van der Waals surface area (Å²) < 4.78 is 0. The number of hydrogen-bond acceptors (Lipinski definition) is 4. The van der Waals surface area contributed by atoms with Crippen molar-refractivity contribution in [1.29, 1.82) is 0 Å². The molecule has 2 aromatic rings. The van der Waals surface area contributed by atoms with E-state index in [9.17, 15) is 19.2 Å². The lowest BCUT2D eigenvalue weighted by molar-refractivity contribution is -0.122. The highest BCUT2D eigenvalue weighted by atomic mass is 16.2. The molecule has 3 amide bonds. The number of anilines is 3. The summed E-state index contributed by atoms with van der Waals surface area (Å²) in [5, 5.41) is 5.48. The minimum atomic E-state index is -0.482. The first-order chi connectivity index (χ1) is 13.3. The zero-order valence-corrected chi connectivity index (χ0v) is 15.7. The number of rotatable bonds is 5. The van der Waals surface area contributed by atoms with Gasteiger partial charge >= 0.3 is 0 Å². The number of ketones is 1. The summed E-state index contributed by atoms with van der Waals surface area (Å²) >= 11 is 0. The number of nitrogens with one attached hydrogen (secondary N) is 2. The molecule has 0 unspecified atom stereocenters. The molecule has 2 N–H and O–H groups in total. The second kappa shape index (κ2) is 8.04. The highest BCUT2D eigenvalue weighted by Crippen LogP contribution is 2.28. The van der Waals surface area contributed by atoms with Crippen molar-refractivity contribution in [2.24, 2.45) is 5.92 Å². The summed E-state index contributed by atoms with van der Waals surface area (Å²) in [6.45, 7) is 3.16. The number of carbonyl (C=O) groups excluding carboxylic acids is 4. The molecule has 7 heteroatoms. The highest BCUT2D eigenvalue weighted by Gasteiger charge is 2.35. The molecule has 0 aromatic heterocycles. The Morgan fingerprint density at radius 2 is 1.68 bits per heavy atom. The first kappa shape index (κ1) is 19.3. The SMILES string of the molecule is CC(=O)Nc1cccc(N2C[C@@H](C(=O)Nc3ccc(C(C)=O)cc3)CC2=O)c1. The van der Waals surface area contributed by atoms with Crippen LogP contribution in [0.3, 0.4) is 0 Å². The Labute approximate surface area is 162 Å². The fourth-order valence-corrected chi connectivity index (χ4v) is 3.12. The number of Topliss-reactive ketones (excluding diaryl/α,β-unsaturated/α-hetero) is 1. The first-order valence-corrected chi connectivity index (χ1v) is 8.93. The smallest absolute Gasteiger partial charge is 0.229 e. The van der Waals surface area contributed by atoms with E-state index >= 15 is 0 Å². The summed E-state index contributed by atoms with van der Waals surface area (Å²) in [4.78, 5) is 49.1. The van der Waals surface area contributed by atoms with Crippen LogP contribution >= 0.6 is 0 Å². The van der Waals surface area contributed by atoms with Crippen LogP contribution in [-0.4, -0.2) is 30.0 Å². The van der Waals surface area contributed by atoms with Crippen LogP contribution in [0.5, 0.6) is 0 Å². The molecule has 28 heavy (non-hydrogen) atoms. The van der Waals surface area contributed by atoms with Gasteiger partial charge in [-0.25, -0.2) is 0 Å². The van der Waals surface area contributed by atoms with Gasteiger partial charge in [-0.15, -0.1) is 0 Å². The van der Waals surface area contributed by atoms with E-state index in [0.717, 1.165) is 0 Å². The monoisotopic (exact) mass is 379 g/mol. The maximum Gasteiger partial charge on any atom is 0.229 e. The predicted octanol–water partition coefficient (Wildman–Crippen LogP) is 2.84. The quantitative estimate of drug-likeness (QED) is 0.781. The lowest BCUT2D eigenvalue weighted by atomic mass is 10.1. The molecule has 0 saturated carbocycles. The molecule has 7 nitrogen and oxygen atoms in total. The molecule has 1 aliphatic heterocycles. The maximum atomic E-state index is 12.6. The van der Waals surface area contributed by atoms with Gasteiger partial charge in [0.1, 0.15) is 0 Å². The molecule has 1 heterocycles. The standard InChI is InChI=1S/C21H21N3O4/c1-13(25)15-6-8-17(9-7-15)23-21(28)16-10-20(27)24(12-16)19-5-3-4-18(11-19)22-14(2)26/h3-9,11,16H,10,12H2,1-2H3,(H,22,26)(H,23,28)/t16-/m0/s1. The molecular formula is C21H21N3O4. The number of amides is 3. The predicted molar refractivity (Wildman–Crippen MR) is 106 cm³/mol. The van der Waals surface area contributed by atoms with Gasteiger partial charge in [-0.2, -0.15) is 0 Å². The second-order valence-corrected chi connectivity index (χ2v) is 6.76. The third-order valence-corrected chi connectivity index (χ3v) is 4.53. The fourth-order valence-electron chi connectivity index (χ4n) is 3.12. The Hall–Kier alpha value is -3.48. The molecule has 1 aliphatic rings. The van der Waals surface area contributed by atoms with Crippen molar-refractivity contribution in [3.05, 3.63) is 54.1 Å². The van der Waals surface area contributed by atoms with Crippen molar-refractivity contribution in [2.75, 3.05) is 22.1 Å². The van der Waals surface area contributed by atoms with Crippen LogP contribution < -0.4 is 15.5 Å². The van der Waals surface area contributed by atoms with Gasteiger partial charge < -0.3 is 15.5 Å². The van der Waals surface area contributed by atoms with E-state index in [1.807, 2.05) is 0 Å². The van der Waals surface area contributed by atoms with Gasteiger partial charge in [0.2, 0.25) is 17.7 Å². The molecule has 0 spiro atoms. The van der Waals surface area contributed by atoms with Gasteiger partial charge in [-0.3, -0.25) is 19.2 Å². The van der Waals surface area contributed by atoms with Crippen LogP contribution in [0.2, 0.25) is 0 Å². The second-order valence-electron chi connectivity index (χ2n) is 6.76. The van der Waals surface area contributed by atoms with Gasteiger partial charge in [0.15, 0.2) is 5.78 Å². The number of hydrogen-bond donors (Lipinski definition) is 2. The average Bonchev–Trinajstić information content (AvgIpc) is 3.04. The van der Waals surface area contributed by atoms with Crippen molar-refractivity contribution in [3.8, 4) is 0 Å². The molecular weight excluding hydrogens is 358 g/mol. The van der Waals surface area contributed by atoms with E-state index in [4.69, 9.17) is 0 Å². The van der Waals surface area contributed by atoms with Gasteiger partial charge in [-0.1, -0.05) is 6.07 Å². The molecule has 0 bridgehead atoms. The van der Waals surface area contributed by atoms with Gasteiger partial charge in [0.25, 0.3) is 0 Å². The van der Waals surface area contributed by atoms with Crippen LogP contribution in [0.1, 0.15) is 30.6 Å². The zero-order chi connectivity index (χ0) is 20.3. The van der Waals surface area contributed by atoms with E-state index < -0.39 is 5.92 Å². The van der Waals surface area contributed by atoms with Gasteiger partial charge in [0.05, 0.1) is 5.92 Å². The fraction of sp³-hybridized carbons (Fsp3) is 0.238. The lowest BCUT2D eigenvalue weighted by Gasteiger charge is -2.18. The lowest BCUT2D eigenvalue weighted by Crippen LogP contribution is -2.28. The molecule has 1 atom stereocenters. The zero-order valence-electron chi connectivity index (χ0n) is 15.7. The van der Waals surface area contributed by atoms with Crippen molar-refractivity contribution < 1.29 is 19.2 Å². The Bertz CT molecular complexity index is 937. The van der Waals surface area contributed by atoms with Gasteiger partial charge in [-0.05, 0) is 49.4 Å². The molecule has 144 valence electrons. The largest absolute Gasteiger partial charge is 0.326 e. The van der Waals surface area contributed by atoms with Crippen molar-refractivity contribution in [1.82, 2.24) is 0 Å². The molecule has 1 saturated heterocycles. The maximum absolute atomic E-state index is 12.6. The van der Waals surface area contributed by atoms with Crippen molar-refractivity contribution in [3.63, 3.8) is 0 Å². The van der Waals surface area contributed by atoms with Crippen LogP contribution in [-0.2, 0) is 14.4 Å². The van der Waals surface area contributed by atoms with Crippen LogP contribution in [0.4, 0.5) is 17.1 Å². The molecule has 2 aromatic carbocycles. The van der Waals surface area contributed by atoms with Crippen LogP contribution in [0.25, 0.3) is 0 Å². The minimum absolute atomic E-state index is 0.0450. The summed E-state index contributed by atoms with van der Waals surface area (Å²) in [5.74, 6) is -1.12.